The smallest absolute Gasteiger partial charge is 0.307 e. The van der Waals surface area contributed by atoms with Crippen LogP contribution in [0.4, 0.5) is 5.69 Å². The number of aliphatic carboxylic acids is 1. The largest absolute Gasteiger partial charge is 0.481 e. The minimum absolute atomic E-state index is 0.0233. The van der Waals surface area contributed by atoms with E-state index >= 15 is 0 Å². The van der Waals surface area contributed by atoms with Crippen molar-refractivity contribution in [3.05, 3.63) is 47.6 Å². The van der Waals surface area contributed by atoms with Gasteiger partial charge in [-0.05, 0) is 43.2 Å². The molecule has 1 aliphatic heterocycles. The number of carboxylic acids is 1. The summed E-state index contributed by atoms with van der Waals surface area (Å²) in [6.07, 6.45) is 10.0. The molecule has 5 heteroatoms. The van der Waals surface area contributed by atoms with Gasteiger partial charge in [-0.2, -0.15) is 0 Å². The van der Waals surface area contributed by atoms with E-state index in [0.29, 0.717) is 11.3 Å². The van der Waals surface area contributed by atoms with Crippen molar-refractivity contribution in [2.45, 2.75) is 53.9 Å². The van der Waals surface area contributed by atoms with Crippen LogP contribution in [0, 0.1) is 18.3 Å². The summed E-state index contributed by atoms with van der Waals surface area (Å²) in [5, 5.41) is 9.53. The van der Waals surface area contributed by atoms with Gasteiger partial charge in [0.05, 0.1) is 17.8 Å². The molecule has 3 heterocycles. The van der Waals surface area contributed by atoms with Crippen LogP contribution in [0.3, 0.4) is 0 Å². The quantitative estimate of drug-likeness (QED) is 0.697. The molecule has 5 nitrogen and oxygen atoms in total. The van der Waals surface area contributed by atoms with Gasteiger partial charge in [0.1, 0.15) is 0 Å². The summed E-state index contributed by atoms with van der Waals surface area (Å²) in [4.78, 5) is 23.1. The van der Waals surface area contributed by atoms with Gasteiger partial charge < -0.3 is 10.0 Å². The molecule has 1 aliphatic rings. The van der Waals surface area contributed by atoms with Crippen molar-refractivity contribution in [2.24, 2.45) is 11.3 Å². The highest BCUT2D eigenvalue weighted by Gasteiger charge is 2.29. The topological polar surface area (TPSA) is 66.3 Å². The maximum Gasteiger partial charge on any atom is 0.307 e. The highest BCUT2D eigenvalue weighted by atomic mass is 16.4. The Bertz CT molecular complexity index is 920. The molecule has 160 valence electrons. The molecule has 3 rings (SSSR count). The normalized spacial score (nSPS) is 16.4. The maximum atomic E-state index is 11.6. The summed E-state index contributed by atoms with van der Waals surface area (Å²) in [6, 6.07) is 4.06. The first kappa shape index (κ1) is 22.0. The van der Waals surface area contributed by atoms with Crippen molar-refractivity contribution < 1.29 is 9.90 Å². The summed E-state index contributed by atoms with van der Waals surface area (Å²) in [5.74, 6) is -0.357. The third kappa shape index (κ3) is 5.26. The zero-order valence-corrected chi connectivity index (χ0v) is 18.8. The molecule has 0 amide bonds. The van der Waals surface area contributed by atoms with Crippen LogP contribution in [0.2, 0.25) is 0 Å². The van der Waals surface area contributed by atoms with Gasteiger partial charge in [-0.3, -0.25) is 14.8 Å². The molecule has 0 aromatic carbocycles. The molecule has 0 radical (unpaired) electrons. The molecule has 1 N–H and O–H groups in total. The summed E-state index contributed by atoms with van der Waals surface area (Å²) < 4.78 is 0. The number of anilines is 1. The van der Waals surface area contributed by atoms with Gasteiger partial charge in [-0.1, -0.05) is 39.8 Å². The zero-order chi connectivity index (χ0) is 21.9. The second kappa shape index (κ2) is 8.99. The molecule has 1 fully saturated rings. The highest BCUT2D eigenvalue weighted by molar-refractivity contribution is 5.84. The maximum absolute atomic E-state index is 11.6. The molecule has 0 bridgehead atoms. The molecule has 2 aromatic rings. The summed E-state index contributed by atoms with van der Waals surface area (Å²) in [6.45, 7) is 12.6. The number of aryl methyl sites for hydroxylation is 1. The van der Waals surface area contributed by atoms with Crippen molar-refractivity contribution in [1.29, 1.82) is 0 Å². The van der Waals surface area contributed by atoms with Crippen molar-refractivity contribution in [3.8, 4) is 11.1 Å². The summed E-state index contributed by atoms with van der Waals surface area (Å²) in [5.41, 5.74) is 5.76. The van der Waals surface area contributed by atoms with Crippen LogP contribution in [0.15, 0.2) is 30.6 Å². The Morgan fingerprint density at radius 3 is 2.47 bits per heavy atom. The SMILES string of the molecule is Cc1ncc(-c2ccc(/C=C/C(C)C)nc2)c(N2CCC(C)(C)CC2)c1CC(=O)O. The van der Waals surface area contributed by atoms with E-state index in [1.165, 1.54) is 0 Å². The van der Waals surface area contributed by atoms with Gasteiger partial charge in [0.15, 0.2) is 0 Å². The third-order valence-corrected chi connectivity index (χ3v) is 5.88. The summed E-state index contributed by atoms with van der Waals surface area (Å²) >= 11 is 0. The van der Waals surface area contributed by atoms with Gasteiger partial charge in [0.2, 0.25) is 0 Å². The number of hydrogen-bond acceptors (Lipinski definition) is 4. The average molecular weight is 408 g/mol. The van der Waals surface area contributed by atoms with Gasteiger partial charge in [0, 0.05) is 47.9 Å². The van der Waals surface area contributed by atoms with Crippen LogP contribution in [0.5, 0.6) is 0 Å². The molecular formula is C25H33N3O2. The molecular weight excluding hydrogens is 374 g/mol. The molecule has 0 atom stereocenters. The van der Waals surface area contributed by atoms with Crippen LogP contribution >= 0.6 is 0 Å². The fraction of sp³-hybridized carbons (Fsp3) is 0.480. The highest BCUT2D eigenvalue weighted by Crippen LogP contribution is 2.39. The standard InChI is InChI=1S/C25H33N3O2/c1-17(2)6-8-20-9-7-19(15-27-20)22-16-26-18(3)21(14-23(29)30)24(22)28-12-10-25(4,5)11-13-28/h6-9,15-17H,10-14H2,1-5H3,(H,29,30)/b8-6+. The molecule has 30 heavy (non-hydrogen) atoms. The minimum Gasteiger partial charge on any atom is -0.481 e. The lowest BCUT2D eigenvalue weighted by atomic mass is 9.82. The second-order valence-electron chi connectivity index (χ2n) is 9.38. The third-order valence-electron chi connectivity index (χ3n) is 5.88. The van der Waals surface area contributed by atoms with Crippen molar-refractivity contribution in [3.63, 3.8) is 0 Å². The second-order valence-corrected chi connectivity index (χ2v) is 9.38. The molecule has 0 aliphatic carbocycles. The first-order valence-electron chi connectivity index (χ1n) is 10.8. The van der Waals surface area contributed by atoms with E-state index in [1.54, 1.807) is 0 Å². The van der Waals surface area contributed by atoms with Gasteiger partial charge in [-0.15, -0.1) is 0 Å². The van der Waals surface area contributed by atoms with E-state index in [-0.39, 0.29) is 6.42 Å². The van der Waals surface area contributed by atoms with E-state index in [2.05, 4.69) is 54.7 Å². The molecule has 0 unspecified atom stereocenters. The fourth-order valence-electron chi connectivity index (χ4n) is 3.86. The Morgan fingerprint density at radius 2 is 1.90 bits per heavy atom. The van der Waals surface area contributed by atoms with Crippen LogP contribution in [-0.4, -0.2) is 34.1 Å². The Labute approximate surface area is 179 Å². The Hall–Kier alpha value is -2.69. The molecule has 1 saturated heterocycles. The van der Waals surface area contributed by atoms with Crippen LogP contribution in [-0.2, 0) is 11.2 Å². The Kier molecular flexibility index (Phi) is 6.59. The Morgan fingerprint density at radius 1 is 1.20 bits per heavy atom. The number of allylic oxidation sites excluding steroid dienone is 1. The van der Waals surface area contributed by atoms with E-state index < -0.39 is 5.97 Å². The first-order valence-corrected chi connectivity index (χ1v) is 10.8. The first-order chi connectivity index (χ1) is 14.2. The predicted molar refractivity (Wildman–Crippen MR) is 123 cm³/mol. The van der Waals surface area contributed by atoms with E-state index in [1.807, 2.05) is 31.5 Å². The van der Waals surface area contributed by atoms with E-state index in [4.69, 9.17) is 0 Å². The van der Waals surface area contributed by atoms with Gasteiger partial charge in [0.25, 0.3) is 0 Å². The Balaban J connectivity index is 2.04. The fourth-order valence-corrected chi connectivity index (χ4v) is 3.86. The molecule has 2 aromatic heterocycles. The number of pyridine rings is 2. The molecule has 0 saturated carbocycles. The number of hydrogen-bond donors (Lipinski definition) is 1. The van der Waals surface area contributed by atoms with Gasteiger partial charge >= 0.3 is 5.97 Å². The van der Waals surface area contributed by atoms with Crippen LogP contribution in [0.1, 0.15) is 57.5 Å². The number of piperidine rings is 1. The zero-order valence-electron chi connectivity index (χ0n) is 18.8. The van der Waals surface area contributed by atoms with Crippen molar-refractivity contribution >= 4 is 17.7 Å². The number of carbonyl (C=O) groups is 1. The number of nitrogens with zero attached hydrogens (tertiary/aromatic N) is 3. The van der Waals surface area contributed by atoms with Crippen molar-refractivity contribution in [1.82, 2.24) is 9.97 Å². The average Bonchev–Trinajstić information content (AvgIpc) is 2.68. The number of rotatable bonds is 6. The lowest BCUT2D eigenvalue weighted by Crippen LogP contribution is -2.38. The van der Waals surface area contributed by atoms with Crippen LogP contribution in [0.25, 0.3) is 17.2 Å². The van der Waals surface area contributed by atoms with Gasteiger partial charge in [-0.25, -0.2) is 0 Å². The van der Waals surface area contributed by atoms with E-state index in [0.717, 1.165) is 59.7 Å². The van der Waals surface area contributed by atoms with E-state index in [9.17, 15) is 9.90 Å². The number of carboxylic acid groups (broad SMARTS) is 1. The summed E-state index contributed by atoms with van der Waals surface area (Å²) in [7, 11) is 0. The van der Waals surface area contributed by atoms with Crippen LogP contribution < -0.4 is 4.90 Å². The predicted octanol–water partition coefficient (Wildman–Crippen LogP) is 5.37. The van der Waals surface area contributed by atoms with Crippen molar-refractivity contribution in [2.75, 3.05) is 18.0 Å². The lowest BCUT2D eigenvalue weighted by Gasteiger charge is -2.40. The minimum atomic E-state index is -0.831. The molecule has 0 spiro atoms. The monoisotopic (exact) mass is 407 g/mol. The number of aromatic nitrogens is 2. The lowest BCUT2D eigenvalue weighted by molar-refractivity contribution is -0.136.